The quantitative estimate of drug-likeness (QED) is 0.182. The third-order valence-corrected chi connectivity index (χ3v) is 6.02. The molecule has 0 aromatic heterocycles. The molecule has 1 atom stereocenters. The molecule has 39 heavy (non-hydrogen) atoms. The van der Waals surface area contributed by atoms with Gasteiger partial charge < -0.3 is 25.6 Å². The number of carboxylic acid groups (broad SMARTS) is 2. The zero-order valence-corrected chi connectivity index (χ0v) is 21.6. The van der Waals surface area contributed by atoms with Crippen LogP contribution in [0.2, 0.25) is 0 Å². The molecule has 2 amide bonds. The number of hydrogen-bond acceptors (Lipinski definition) is 5. The molecule has 3 rings (SSSR count). The maximum atomic E-state index is 13.4. The number of carboxylic acids is 2. The first kappa shape index (κ1) is 28.9. The summed E-state index contributed by atoms with van der Waals surface area (Å²) in [5.41, 5.74) is 2.71. The molecule has 0 bridgehead atoms. The second-order valence-corrected chi connectivity index (χ2v) is 8.96. The number of rotatable bonds is 14. The molecule has 0 aliphatic rings. The van der Waals surface area contributed by atoms with Gasteiger partial charge in [-0.05, 0) is 41.3 Å². The van der Waals surface area contributed by atoms with Crippen molar-refractivity contribution in [3.05, 3.63) is 90.0 Å². The van der Waals surface area contributed by atoms with Crippen LogP contribution in [0.4, 0.5) is 0 Å². The first-order valence-electron chi connectivity index (χ1n) is 12.7. The number of ether oxygens (including phenoxy) is 1. The van der Waals surface area contributed by atoms with E-state index in [2.05, 4.69) is 17.6 Å². The summed E-state index contributed by atoms with van der Waals surface area (Å²) in [5, 5.41) is 23.8. The van der Waals surface area contributed by atoms with Crippen molar-refractivity contribution in [3.8, 4) is 16.9 Å². The Morgan fingerprint density at radius 1 is 0.821 bits per heavy atom. The highest BCUT2D eigenvalue weighted by molar-refractivity contribution is 6.03. The third kappa shape index (κ3) is 8.43. The Hall–Kier alpha value is -4.66. The van der Waals surface area contributed by atoms with Crippen molar-refractivity contribution in [3.63, 3.8) is 0 Å². The van der Waals surface area contributed by atoms with Crippen LogP contribution in [0, 0.1) is 0 Å². The predicted molar refractivity (Wildman–Crippen MR) is 146 cm³/mol. The fourth-order valence-electron chi connectivity index (χ4n) is 3.99. The average molecular weight is 533 g/mol. The van der Waals surface area contributed by atoms with Crippen LogP contribution < -0.4 is 15.4 Å². The summed E-state index contributed by atoms with van der Waals surface area (Å²) < 4.78 is 5.05. The number of carbonyl (C=O) groups excluding carboxylic acids is 2. The summed E-state index contributed by atoms with van der Waals surface area (Å²) in [5.74, 6) is -3.91. The number of benzene rings is 3. The normalized spacial score (nSPS) is 11.4. The van der Waals surface area contributed by atoms with Gasteiger partial charge in [-0.2, -0.15) is 0 Å². The Morgan fingerprint density at radius 2 is 1.46 bits per heavy atom. The van der Waals surface area contributed by atoms with E-state index in [0.717, 1.165) is 30.4 Å². The van der Waals surface area contributed by atoms with Crippen molar-refractivity contribution in [1.82, 2.24) is 10.6 Å². The highest BCUT2D eigenvalue weighted by atomic mass is 16.5. The minimum atomic E-state index is -2.04. The molecule has 3 aromatic carbocycles. The van der Waals surface area contributed by atoms with Crippen LogP contribution >= 0.6 is 0 Å². The van der Waals surface area contributed by atoms with E-state index in [1.54, 1.807) is 24.3 Å². The third-order valence-electron chi connectivity index (χ3n) is 6.02. The van der Waals surface area contributed by atoms with E-state index in [4.69, 9.17) is 14.9 Å². The summed E-state index contributed by atoms with van der Waals surface area (Å²) in [4.78, 5) is 48.7. The second kappa shape index (κ2) is 14.3. The number of amides is 2. The molecule has 204 valence electrons. The highest BCUT2D eigenvalue weighted by Gasteiger charge is 2.28. The highest BCUT2D eigenvalue weighted by Crippen LogP contribution is 2.23. The van der Waals surface area contributed by atoms with Crippen molar-refractivity contribution >= 4 is 23.8 Å². The molecule has 4 N–H and O–H groups in total. The lowest BCUT2D eigenvalue weighted by molar-refractivity contribution is -0.159. The summed E-state index contributed by atoms with van der Waals surface area (Å²) in [7, 11) is 0. The lowest BCUT2D eigenvalue weighted by atomic mass is 9.98. The van der Waals surface area contributed by atoms with Crippen molar-refractivity contribution in [2.45, 2.75) is 44.8 Å². The average Bonchev–Trinajstić information content (AvgIpc) is 2.94. The van der Waals surface area contributed by atoms with Crippen molar-refractivity contribution in [2.24, 2.45) is 0 Å². The van der Waals surface area contributed by atoms with Gasteiger partial charge in [-0.1, -0.05) is 80.4 Å². The van der Waals surface area contributed by atoms with Crippen molar-refractivity contribution in [1.29, 1.82) is 0 Å². The first-order chi connectivity index (χ1) is 18.8. The molecule has 9 heteroatoms. The van der Waals surface area contributed by atoms with Crippen LogP contribution in [0.25, 0.3) is 11.1 Å². The molecule has 0 spiro atoms. The Bertz CT molecular complexity index is 1260. The smallest absolute Gasteiger partial charge is 0.356 e. The summed E-state index contributed by atoms with van der Waals surface area (Å²) in [6.07, 6.45) is 0.907. The minimum Gasteiger partial charge on any atom is -0.478 e. The maximum absolute atomic E-state index is 13.4. The van der Waals surface area contributed by atoms with Gasteiger partial charge >= 0.3 is 11.9 Å². The van der Waals surface area contributed by atoms with E-state index in [-0.39, 0.29) is 18.1 Å². The van der Waals surface area contributed by atoms with E-state index in [1.165, 1.54) is 12.1 Å². The van der Waals surface area contributed by atoms with E-state index < -0.39 is 30.0 Å². The zero-order valence-electron chi connectivity index (χ0n) is 21.6. The van der Waals surface area contributed by atoms with Gasteiger partial charge in [0.1, 0.15) is 11.8 Å². The van der Waals surface area contributed by atoms with Crippen molar-refractivity contribution in [2.75, 3.05) is 6.54 Å². The lowest BCUT2D eigenvalue weighted by Crippen LogP contribution is -2.48. The van der Waals surface area contributed by atoms with Gasteiger partial charge in [-0.15, -0.1) is 0 Å². The van der Waals surface area contributed by atoms with Crippen LogP contribution in [0.1, 0.15) is 42.1 Å². The fraction of sp³-hybridized carbons (Fsp3) is 0.267. The Kier molecular flexibility index (Phi) is 10.6. The van der Waals surface area contributed by atoms with Crippen molar-refractivity contribution < 1.29 is 34.1 Å². The summed E-state index contributed by atoms with van der Waals surface area (Å²) in [6, 6.07) is 21.8. The molecule has 0 saturated heterocycles. The Labute approximate surface area is 226 Å². The van der Waals surface area contributed by atoms with Gasteiger partial charge in [0.05, 0.1) is 0 Å². The molecule has 9 nitrogen and oxygen atoms in total. The Balaban J connectivity index is 1.79. The van der Waals surface area contributed by atoms with Gasteiger partial charge in [-0.3, -0.25) is 9.59 Å². The summed E-state index contributed by atoms with van der Waals surface area (Å²) >= 11 is 0. The van der Waals surface area contributed by atoms with Crippen LogP contribution in [0.5, 0.6) is 5.75 Å². The molecule has 3 aromatic rings. The Morgan fingerprint density at radius 3 is 2.10 bits per heavy atom. The van der Waals surface area contributed by atoms with E-state index in [1.807, 2.05) is 42.5 Å². The summed E-state index contributed by atoms with van der Waals surface area (Å²) in [6.45, 7) is 2.55. The van der Waals surface area contributed by atoms with Gasteiger partial charge in [0, 0.05) is 18.5 Å². The van der Waals surface area contributed by atoms with E-state index >= 15 is 0 Å². The van der Waals surface area contributed by atoms with Crippen LogP contribution in [0.15, 0.2) is 78.9 Å². The van der Waals surface area contributed by atoms with Gasteiger partial charge in [0.2, 0.25) is 5.91 Å². The molecule has 0 fully saturated rings. The largest absolute Gasteiger partial charge is 0.478 e. The molecule has 0 radical (unpaired) electrons. The monoisotopic (exact) mass is 532 g/mol. The topological polar surface area (TPSA) is 142 Å². The minimum absolute atomic E-state index is 0.0509. The first-order valence-corrected chi connectivity index (χ1v) is 12.7. The molecule has 0 aliphatic heterocycles. The van der Waals surface area contributed by atoms with Crippen LogP contribution in [-0.2, 0) is 20.8 Å². The van der Waals surface area contributed by atoms with Gasteiger partial charge in [0.15, 0.2) is 0 Å². The van der Waals surface area contributed by atoms with Crippen LogP contribution in [-0.4, -0.2) is 52.7 Å². The number of hydrogen-bond donors (Lipinski definition) is 4. The number of nitrogens with one attached hydrogen (secondary N) is 2. The number of aliphatic carboxylic acids is 2. The van der Waals surface area contributed by atoms with Gasteiger partial charge in [0.25, 0.3) is 12.0 Å². The molecular formula is C30H32N2O7. The standard InChI is InChI=1S/C30H32N2O7/c1-2-3-9-18-31-28(34)25(19-20-14-16-22(17-15-20)39-26(29(35)36)30(37)38)32-27(33)24-13-8-7-12-23(24)21-10-5-4-6-11-21/h4-8,10-17,25-26H,2-3,9,18-19H2,1H3,(H,31,34)(H,32,33)(H,35,36)(H,37,38). The fourth-order valence-corrected chi connectivity index (χ4v) is 3.99. The molecular weight excluding hydrogens is 500 g/mol. The second-order valence-electron chi connectivity index (χ2n) is 8.96. The lowest BCUT2D eigenvalue weighted by Gasteiger charge is -2.20. The van der Waals surface area contributed by atoms with E-state index in [9.17, 15) is 19.2 Å². The number of carbonyl (C=O) groups is 4. The predicted octanol–water partition coefficient (Wildman–Crippen LogP) is 3.92. The molecule has 0 aliphatic carbocycles. The number of unbranched alkanes of at least 4 members (excludes halogenated alkanes) is 2. The SMILES string of the molecule is CCCCCNC(=O)C(Cc1ccc(OC(C(=O)O)C(=O)O)cc1)NC(=O)c1ccccc1-c1ccccc1. The van der Waals surface area contributed by atoms with E-state index in [0.29, 0.717) is 17.7 Å². The molecule has 1 unspecified atom stereocenters. The molecule has 0 heterocycles. The van der Waals surface area contributed by atoms with Crippen LogP contribution in [0.3, 0.4) is 0 Å². The maximum Gasteiger partial charge on any atom is 0.356 e. The van der Waals surface area contributed by atoms with Gasteiger partial charge in [-0.25, -0.2) is 9.59 Å². The zero-order chi connectivity index (χ0) is 28.2. The molecule has 0 saturated carbocycles.